The third-order valence-electron chi connectivity index (χ3n) is 4.75. The second-order valence-electron chi connectivity index (χ2n) is 7.12. The number of likely N-dealkylation sites (N-methyl/N-ethyl adjacent to an activating group) is 1. The molecule has 1 aliphatic rings. The highest BCUT2D eigenvalue weighted by Crippen LogP contribution is 2.23. The fourth-order valence-electron chi connectivity index (χ4n) is 3.29. The molecule has 2 atom stereocenters. The van der Waals surface area contributed by atoms with Gasteiger partial charge in [0.25, 0.3) is 0 Å². The van der Waals surface area contributed by atoms with Gasteiger partial charge in [-0.2, -0.15) is 0 Å². The number of nitrogens with zero attached hydrogens (tertiary/aromatic N) is 1. The van der Waals surface area contributed by atoms with Crippen molar-refractivity contribution in [3.8, 4) is 0 Å². The van der Waals surface area contributed by atoms with Gasteiger partial charge < -0.3 is 10.6 Å². The molecule has 1 saturated carbocycles. The number of benzene rings is 1. The largest absolute Gasteiger partial charge is 0.352 e. The van der Waals surface area contributed by atoms with Crippen LogP contribution in [0.3, 0.4) is 0 Å². The number of amides is 2. The smallest absolute Gasteiger partial charge is 0.238 e. The van der Waals surface area contributed by atoms with Crippen LogP contribution in [0.2, 0.25) is 0 Å². The van der Waals surface area contributed by atoms with Gasteiger partial charge in [0, 0.05) is 16.2 Å². The van der Waals surface area contributed by atoms with Gasteiger partial charge in [-0.25, -0.2) is 0 Å². The minimum atomic E-state index is -0.119. The van der Waals surface area contributed by atoms with Gasteiger partial charge in [0.1, 0.15) is 0 Å². The summed E-state index contributed by atoms with van der Waals surface area (Å²) in [5.74, 6) is 0.410. The topological polar surface area (TPSA) is 61.4 Å². The SMILES string of the molecule is Cc1cc(Br)ccc1NC(=O)CN(C)CC(=O)NC1CCCCC1C. The minimum absolute atomic E-state index is 0.00567. The van der Waals surface area contributed by atoms with Gasteiger partial charge in [-0.15, -0.1) is 0 Å². The van der Waals surface area contributed by atoms with Crippen LogP contribution >= 0.6 is 15.9 Å². The van der Waals surface area contributed by atoms with E-state index in [1.807, 2.05) is 25.1 Å². The highest BCUT2D eigenvalue weighted by Gasteiger charge is 2.23. The lowest BCUT2D eigenvalue weighted by molar-refractivity contribution is -0.124. The average Bonchev–Trinajstić information content (AvgIpc) is 2.52. The maximum absolute atomic E-state index is 12.2. The first kappa shape index (κ1) is 19.9. The second-order valence-corrected chi connectivity index (χ2v) is 8.03. The van der Waals surface area contributed by atoms with E-state index in [9.17, 15) is 9.59 Å². The van der Waals surface area contributed by atoms with Gasteiger partial charge in [-0.1, -0.05) is 35.7 Å². The number of rotatable bonds is 6. The van der Waals surface area contributed by atoms with Crippen LogP contribution in [0.5, 0.6) is 0 Å². The molecule has 0 aromatic heterocycles. The molecule has 0 spiro atoms. The highest BCUT2D eigenvalue weighted by atomic mass is 79.9. The molecule has 0 saturated heterocycles. The molecule has 2 unspecified atom stereocenters. The van der Waals surface area contributed by atoms with Crippen molar-refractivity contribution in [1.29, 1.82) is 0 Å². The summed E-state index contributed by atoms with van der Waals surface area (Å²) in [5, 5.41) is 6.02. The van der Waals surface area contributed by atoms with Crippen molar-refractivity contribution < 1.29 is 9.59 Å². The fraction of sp³-hybridized carbons (Fsp3) is 0.579. The van der Waals surface area contributed by atoms with E-state index >= 15 is 0 Å². The van der Waals surface area contributed by atoms with E-state index in [1.54, 1.807) is 11.9 Å². The standard InChI is InChI=1S/C19H28BrN3O2/c1-13-6-4-5-7-16(13)21-18(24)11-23(3)12-19(25)22-17-9-8-15(20)10-14(17)2/h8-10,13,16H,4-7,11-12H2,1-3H3,(H,21,24)(H,22,25). The summed E-state index contributed by atoms with van der Waals surface area (Å²) in [4.78, 5) is 26.1. The summed E-state index contributed by atoms with van der Waals surface area (Å²) in [6, 6.07) is 5.99. The Morgan fingerprint density at radius 2 is 1.88 bits per heavy atom. The Morgan fingerprint density at radius 3 is 2.56 bits per heavy atom. The maximum Gasteiger partial charge on any atom is 0.238 e. The maximum atomic E-state index is 12.2. The molecule has 2 rings (SSSR count). The summed E-state index contributed by atoms with van der Waals surface area (Å²) in [5.41, 5.74) is 1.79. The number of carbonyl (C=O) groups excluding carboxylic acids is 2. The van der Waals surface area contributed by atoms with E-state index in [1.165, 1.54) is 19.3 Å². The van der Waals surface area contributed by atoms with Crippen LogP contribution in [0, 0.1) is 12.8 Å². The number of hydrogen-bond donors (Lipinski definition) is 2. The van der Waals surface area contributed by atoms with Crippen molar-refractivity contribution in [2.24, 2.45) is 5.92 Å². The minimum Gasteiger partial charge on any atom is -0.352 e. The van der Waals surface area contributed by atoms with Crippen LogP contribution in [-0.4, -0.2) is 42.9 Å². The summed E-state index contributed by atoms with van der Waals surface area (Å²) in [6.45, 7) is 4.56. The predicted molar refractivity (Wildman–Crippen MR) is 105 cm³/mol. The second kappa shape index (κ2) is 9.34. The number of carbonyl (C=O) groups is 2. The summed E-state index contributed by atoms with van der Waals surface area (Å²) >= 11 is 3.41. The van der Waals surface area contributed by atoms with Crippen molar-refractivity contribution in [2.75, 3.05) is 25.5 Å². The molecule has 1 aromatic carbocycles. The molecule has 0 aliphatic heterocycles. The first-order valence-electron chi connectivity index (χ1n) is 8.89. The van der Waals surface area contributed by atoms with E-state index in [0.29, 0.717) is 5.92 Å². The lowest BCUT2D eigenvalue weighted by Gasteiger charge is -2.30. The van der Waals surface area contributed by atoms with Crippen molar-refractivity contribution in [1.82, 2.24) is 10.2 Å². The van der Waals surface area contributed by atoms with Gasteiger partial charge in [0.2, 0.25) is 11.8 Å². The molecule has 1 aliphatic carbocycles. The number of aryl methyl sites for hydroxylation is 1. The first-order chi connectivity index (χ1) is 11.8. The van der Waals surface area contributed by atoms with Crippen molar-refractivity contribution in [2.45, 2.75) is 45.6 Å². The number of halogens is 1. The Balaban J connectivity index is 1.77. The number of hydrogen-bond acceptors (Lipinski definition) is 3. The number of anilines is 1. The van der Waals surface area contributed by atoms with Gasteiger partial charge >= 0.3 is 0 Å². The lowest BCUT2D eigenvalue weighted by atomic mass is 9.86. The van der Waals surface area contributed by atoms with Gasteiger partial charge in [0.05, 0.1) is 13.1 Å². The Hall–Kier alpha value is -1.40. The predicted octanol–water partition coefficient (Wildman–Crippen LogP) is 3.32. The van der Waals surface area contributed by atoms with E-state index < -0.39 is 0 Å². The zero-order valence-corrected chi connectivity index (χ0v) is 16.9. The Bertz CT molecular complexity index is 621. The van der Waals surface area contributed by atoms with Gasteiger partial charge in [0.15, 0.2) is 0 Å². The Labute approximate surface area is 158 Å². The van der Waals surface area contributed by atoms with E-state index in [-0.39, 0.29) is 30.9 Å². The molecule has 138 valence electrons. The van der Waals surface area contributed by atoms with Crippen LogP contribution in [0.4, 0.5) is 5.69 Å². The van der Waals surface area contributed by atoms with Gasteiger partial charge in [-0.3, -0.25) is 14.5 Å². The normalized spacial score (nSPS) is 20.4. The van der Waals surface area contributed by atoms with Crippen LogP contribution < -0.4 is 10.6 Å². The summed E-state index contributed by atoms with van der Waals surface area (Å²) in [7, 11) is 1.79. The number of nitrogens with one attached hydrogen (secondary N) is 2. The quantitative estimate of drug-likeness (QED) is 0.757. The molecule has 0 heterocycles. The molecule has 5 nitrogen and oxygen atoms in total. The van der Waals surface area contributed by atoms with E-state index in [4.69, 9.17) is 0 Å². The highest BCUT2D eigenvalue weighted by molar-refractivity contribution is 9.10. The molecule has 0 radical (unpaired) electrons. The Kier molecular flexibility index (Phi) is 7.44. The monoisotopic (exact) mass is 409 g/mol. The van der Waals surface area contributed by atoms with Crippen LogP contribution in [0.15, 0.2) is 22.7 Å². The van der Waals surface area contributed by atoms with Gasteiger partial charge in [-0.05, 0) is 56.5 Å². The zero-order valence-electron chi connectivity index (χ0n) is 15.3. The molecule has 2 N–H and O–H groups in total. The first-order valence-corrected chi connectivity index (χ1v) is 9.68. The van der Waals surface area contributed by atoms with Crippen LogP contribution in [0.1, 0.15) is 38.2 Å². The van der Waals surface area contributed by atoms with E-state index in [2.05, 4.69) is 33.5 Å². The Morgan fingerprint density at radius 1 is 1.20 bits per heavy atom. The van der Waals surface area contributed by atoms with Crippen LogP contribution in [-0.2, 0) is 9.59 Å². The zero-order chi connectivity index (χ0) is 18.4. The molecule has 2 amide bonds. The average molecular weight is 410 g/mol. The summed E-state index contributed by atoms with van der Waals surface area (Å²) in [6.07, 6.45) is 4.67. The molecule has 1 aromatic rings. The lowest BCUT2D eigenvalue weighted by Crippen LogP contribution is -2.46. The third-order valence-corrected chi connectivity index (χ3v) is 5.24. The summed E-state index contributed by atoms with van der Waals surface area (Å²) < 4.78 is 0.980. The third kappa shape index (κ3) is 6.44. The van der Waals surface area contributed by atoms with Crippen LogP contribution in [0.25, 0.3) is 0 Å². The van der Waals surface area contributed by atoms with Crippen molar-refractivity contribution in [3.05, 3.63) is 28.2 Å². The van der Waals surface area contributed by atoms with Crippen molar-refractivity contribution >= 4 is 33.4 Å². The van der Waals surface area contributed by atoms with Crippen molar-refractivity contribution in [3.63, 3.8) is 0 Å². The molecule has 6 heteroatoms. The molecular weight excluding hydrogens is 382 g/mol. The fourth-order valence-corrected chi connectivity index (χ4v) is 3.76. The molecule has 0 bridgehead atoms. The molecular formula is C19H28BrN3O2. The van der Waals surface area contributed by atoms with E-state index in [0.717, 1.165) is 22.1 Å². The molecule has 25 heavy (non-hydrogen) atoms. The molecule has 1 fully saturated rings.